The SMILES string of the molecule is CCN1C(=O)/C(=C\c2ccc(OC)c(Br)c2)SC1=S. The van der Waals surface area contributed by atoms with Crippen molar-refractivity contribution in [3.05, 3.63) is 33.1 Å². The van der Waals surface area contributed by atoms with Gasteiger partial charge < -0.3 is 4.74 Å². The van der Waals surface area contributed by atoms with Gasteiger partial charge in [0.15, 0.2) is 0 Å². The van der Waals surface area contributed by atoms with Crippen molar-refractivity contribution < 1.29 is 9.53 Å². The maximum atomic E-state index is 12.1. The molecule has 0 radical (unpaired) electrons. The summed E-state index contributed by atoms with van der Waals surface area (Å²) in [6.45, 7) is 2.52. The first-order valence-corrected chi connectivity index (χ1v) is 7.67. The van der Waals surface area contributed by atoms with Crippen molar-refractivity contribution in [2.75, 3.05) is 13.7 Å². The Bertz CT molecular complexity index is 572. The molecule has 6 heteroatoms. The summed E-state index contributed by atoms with van der Waals surface area (Å²) >= 11 is 9.94. The van der Waals surface area contributed by atoms with Gasteiger partial charge in [-0.15, -0.1) is 0 Å². The number of halogens is 1. The first kappa shape index (κ1) is 14.6. The Labute approximate surface area is 130 Å². The van der Waals surface area contributed by atoms with Crippen molar-refractivity contribution >= 4 is 56.2 Å². The minimum absolute atomic E-state index is 0.0237. The highest BCUT2D eigenvalue weighted by atomic mass is 79.9. The Kier molecular flexibility index (Phi) is 4.65. The molecule has 0 aromatic heterocycles. The molecular formula is C13H12BrNO2S2. The maximum absolute atomic E-state index is 12.1. The third-order valence-electron chi connectivity index (χ3n) is 2.66. The highest BCUT2D eigenvalue weighted by Crippen LogP contribution is 2.33. The summed E-state index contributed by atoms with van der Waals surface area (Å²) in [7, 11) is 1.62. The molecule has 0 saturated carbocycles. The fourth-order valence-electron chi connectivity index (χ4n) is 1.70. The fourth-order valence-corrected chi connectivity index (χ4v) is 3.64. The van der Waals surface area contributed by atoms with Gasteiger partial charge in [0.1, 0.15) is 10.1 Å². The number of hydrogen-bond acceptors (Lipinski definition) is 4. The summed E-state index contributed by atoms with van der Waals surface area (Å²) in [5, 5.41) is 0. The minimum atomic E-state index is -0.0237. The normalized spacial score (nSPS) is 17.4. The molecule has 0 unspecified atom stereocenters. The van der Waals surface area contributed by atoms with E-state index in [0.29, 0.717) is 15.8 Å². The number of carbonyl (C=O) groups is 1. The van der Waals surface area contributed by atoms with E-state index in [4.69, 9.17) is 17.0 Å². The zero-order valence-corrected chi connectivity index (χ0v) is 13.7. The largest absolute Gasteiger partial charge is 0.496 e. The van der Waals surface area contributed by atoms with Crippen LogP contribution in [-0.2, 0) is 4.79 Å². The van der Waals surface area contributed by atoms with Crippen molar-refractivity contribution in [1.29, 1.82) is 0 Å². The molecule has 1 fully saturated rings. The maximum Gasteiger partial charge on any atom is 0.266 e. The van der Waals surface area contributed by atoms with Gasteiger partial charge in [-0.1, -0.05) is 30.0 Å². The van der Waals surface area contributed by atoms with Crippen LogP contribution in [0.1, 0.15) is 12.5 Å². The first-order valence-electron chi connectivity index (χ1n) is 5.65. The van der Waals surface area contributed by atoms with Crippen LogP contribution in [0.2, 0.25) is 0 Å². The molecule has 0 aliphatic carbocycles. The Balaban J connectivity index is 2.30. The van der Waals surface area contributed by atoms with E-state index in [9.17, 15) is 4.79 Å². The molecule has 1 amide bonds. The number of nitrogens with zero attached hydrogens (tertiary/aromatic N) is 1. The average molecular weight is 358 g/mol. The van der Waals surface area contributed by atoms with Gasteiger partial charge in [0, 0.05) is 6.54 Å². The van der Waals surface area contributed by atoms with E-state index in [-0.39, 0.29) is 5.91 Å². The number of methoxy groups -OCH3 is 1. The van der Waals surface area contributed by atoms with E-state index in [0.717, 1.165) is 15.8 Å². The van der Waals surface area contributed by atoms with Crippen molar-refractivity contribution in [2.24, 2.45) is 0 Å². The molecule has 1 aromatic carbocycles. The van der Waals surface area contributed by atoms with Crippen LogP contribution in [0.15, 0.2) is 27.6 Å². The highest BCUT2D eigenvalue weighted by Gasteiger charge is 2.30. The molecule has 1 aromatic rings. The van der Waals surface area contributed by atoms with E-state index < -0.39 is 0 Å². The summed E-state index contributed by atoms with van der Waals surface area (Å²) in [4.78, 5) is 14.3. The smallest absolute Gasteiger partial charge is 0.266 e. The van der Waals surface area contributed by atoms with E-state index in [1.54, 1.807) is 12.0 Å². The molecule has 100 valence electrons. The predicted molar refractivity (Wildman–Crippen MR) is 86.2 cm³/mol. The van der Waals surface area contributed by atoms with Crippen molar-refractivity contribution in [3.8, 4) is 5.75 Å². The monoisotopic (exact) mass is 357 g/mol. The number of thioether (sulfide) groups is 1. The van der Waals surface area contributed by atoms with Crippen molar-refractivity contribution in [1.82, 2.24) is 4.90 Å². The van der Waals surface area contributed by atoms with Crippen molar-refractivity contribution in [2.45, 2.75) is 6.92 Å². The summed E-state index contributed by atoms with van der Waals surface area (Å²) in [5.41, 5.74) is 0.935. The van der Waals surface area contributed by atoms with Gasteiger partial charge in [0.2, 0.25) is 0 Å². The van der Waals surface area contributed by atoms with Crippen LogP contribution in [0.3, 0.4) is 0 Å². The lowest BCUT2D eigenvalue weighted by Gasteiger charge is -2.09. The lowest BCUT2D eigenvalue weighted by atomic mass is 10.2. The molecule has 0 bridgehead atoms. The second-order valence-corrected chi connectivity index (χ2v) is 6.35. The van der Waals surface area contributed by atoms with Crippen LogP contribution in [0.5, 0.6) is 5.75 Å². The number of amides is 1. The van der Waals surface area contributed by atoms with Crippen LogP contribution >= 0.6 is 39.9 Å². The van der Waals surface area contributed by atoms with Gasteiger partial charge in [0.05, 0.1) is 16.5 Å². The molecule has 0 atom stereocenters. The summed E-state index contributed by atoms with van der Waals surface area (Å²) in [5.74, 6) is 0.739. The van der Waals surface area contributed by atoms with Crippen LogP contribution in [0, 0.1) is 0 Å². The summed E-state index contributed by atoms with van der Waals surface area (Å²) in [6.07, 6.45) is 1.85. The molecular weight excluding hydrogens is 346 g/mol. The third kappa shape index (κ3) is 3.01. The Morgan fingerprint density at radius 2 is 2.26 bits per heavy atom. The van der Waals surface area contributed by atoms with Crippen molar-refractivity contribution in [3.63, 3.8) is 0 Å². The van der Waals surface area contributed by atoms with E-state index >= 15 is 0 Å². The average Bonchev–Trinajstić information content (AvgIpc) is 2.64. The van der Waals surface area contributed by atoms with Gasteiger partial charge in [-0.05, 0) is 46.6 Å². The number of carbonyl (C=O) groups excluding carboxylic acids is 1. The number of ether oxygens (including phenoxy) is 1. The van der Waals surface area contributed by atoms with Gasteiger partial charge in [-0.3, -0.25) is 9.69 Å². The van der Waals surface area contributed by atoms with E-state index in [1.807, 2.05) is 31.2 Å². The second-order valence-electron chi connectivity index (χ2n) is 3.82. The minimum Gasteiger partial charge on any atom is -0.496 e. The zero-order valence-electron chi connectivity index (χ0n) is 10.5. The molecule has 2 rings (SSSR count). The molecule has 19 heavy (non-hydrogen) atoms. The molecule has 1 aliphatic heterocycles. The lowest BCUT2D eigenvalue weighted by Crippen LogP contribution is -2.27. The third-order valence-corrected chi connectivity index (χ3v) is 4.66. The Hall–Kier alpha value is -0.850. The lowest BCUT2D eigenvalue weighted by molar-refractivity contribution is -0.121. The molecule has 3 nitrogen and oxygen atoms in total. The van der Waals surface area contributed by atoms with Gasteiger partial charge >= 0.3 is 0 Å². The van der Waals surface area contributed by atoms with Crippen LogP contribution < -0.4 is 4.74 Å². The molecule has 0 N–H and O–H groups in total. The number of likely N-dealkylation sites (N-methyl/N-ethyl adjacent to an activating group) is 1. The predicted octanol–water partition coefficient (Wildman–Crippen LogP) is 3.68. The van der Waals surface area contributed by atoms with Gasteiger partial charge in [-0.2, -0.15) is 0 Å². The fraction of sp³-hybridized carbons (Fsp3) is 0.231. The van der Waals surface area contributed by atoms with Crippen LogP contribution in [-0.4, -0.2) is 28.8 Å². The number of benzene rings is 1. The van der Waals surface area contributed by atoms with Gasteiger partial charge in [-0.25, -0.2) is 0 Å². The molecule has 1 heterocycles. The molecule has 1 saturated heterocycles. The first-order chi connectivity index (χ1) is 9.06. The Morgan fingerprint density at radius 3 is 2.79 bits per heavy atom. The highest BCUT2D eigenvalue weighted by molar-refractivity contribution is 9.10. The summed E-state index contributed by atoms with van der Waals surface area (Å²) in [6, 6.07) is 5.68. The van der Waals surface area contributed by atoms with Gasteiger partial charge in [0.25, 0.3) is 5.91 Å². The Morgan fingerprint density at radius 1 is 1.53 bits per heavy atom. The second kappa shape index (κ2) is 6.07. The van der Waals surface area contributed by atoms with E-state index in [1.165, 1.54) is 11.8 Å². The number of thiocarbonyl (C=S) groups is 1. The van der Waals surface area contributed by atoms with Crippen LogP contribution in [0.25, 0.3) is 6.08 Å². The zero-order chi connectivity index (χ0) is 14.0. The van der Waals surface area contributed by atoms with E-state index in [2.05, 4.69) is 15.9 Å². The number of rotatable bonds is 3. The topological polar surface area (TPSA) is 29.5 Å². The summed E-state index contributed by atoms with van der Waals surface area (Å²) < 4.78 is 6.65. The molecule has 0 spiro atoms. The van der Waals surface area contributed by atoms with Crippen LogP contribution in [0.4, 0.5) is 0 Å². The molecule has 1 aliphatic rings. The standard InChI is InChI=1S/C13H12BrNO2S2/c1-3-15-12(16)11(19-13(15)18)7-8-4-5-10(17-2)9(14)6-8/h4-7H,3H2,1-2H3/b11-7+. The number of hydrogen-bond donors (Lipinski definition) is 0. The quantitative estimate of drug-likeness (QED) is 0.609.